The summed E-state index contributed by atoms with van der Waals surface area (Å²) in [6, 6.07) is 2.86. The molecule has 1 fully saturated rings. The molecule has 1 heterocycles. The topological polar surface area (TPSA) is 67.1 Å². The molecule has 0 aliphatic heterocycles. The molecule has 0 aromatic carbocycles. The van der Waals surface area contributed by atoms with E-state index in [1.807, 2.05) is 13.1 Å². The van der Waals surface area contributed by atoms with E-state index in [0.29, 0.717) is 12.6 Å². The van der Waals surface area contributed by atoms with Crippen molar-refractivity contribution in [2.75, 3.05) is 23.8 Å². The van der Waals surface area contributed by atoms with E-state index in [4.69, 9.17) is 5.73 Å². The van der Waals surface area contributed by atoms with Gasteiger partial charge in [0.1, 0.15) is 18.0 Å². The van der Waals surface area contributed by atoms with Gasteiger partial charge in [-0.3, -0.25) is 0 Å². The van der Waals surface area contributed by atoms with Crippen molar-refractivity contribution in [2.45, 2.75) is 44.7 Å². The van der Waals surface area contributed by atoms with Crippen LogP contribution in [0.4, 0.5) is 11.6 Å². The molecule has 1 unspecified atom stereocenters. The monoisotopic (exact) mass is 249 g/mol. The van der Waals surface area contributed by atoms with Gasteiger partial charge < -0.3 is 16.0 Å². The maximum Gasteiger partial charge on any atom is 0.134 e. The fourth-order valence-corrected chi connectivity index (χ4v) is 2.28. The van der Waals surface area contributed by atoms with Crippen LogP contribution in [0.15, 0.2) is 12.4 Å². The molecule has 5 heteroatoms. The number of nitrogens with zero attached hydrogens (tertiary/aromatic N) is 3. The van der Waals surface area contributed by atoms with E-state index < -0.39 is 0 Å². The molecule has 18 heavy (non-hydrogen) atoms. The molecule has 1 aromatic heterocycles. The highest BCUT2D eigenvalue weighted by Gasteiger charge is 2.16. The molecule has 1 aromatic rings. The number of aromatic nitrogens is 2. The van der Waals surface area contributed by atoms with Crippen molar-refractivity contribution in [3.05, 3.63) is 12.4 Å². The third kappa shape index (κ3) is 3.10. The molecule has 0 radical (unpaired) electrons. The summed E-state index contributed by atoms with van der Waals surface area (Å²) in [5.74, 6) is 1.84. The fraction of sp³-hybridized carbons (Fsp3) is 0.692. The molecule has 0 amide bonds. The van der Waals surface area contributed by atoms with Gasteiger partial charge in [-0.25, -0.2) is 9.97 Å². The first kappa shape index (κ1) is 13.1. The van der Waals surface area contributed by atoms with E-state index in [2.05, 4.69) is 27.1 Å². The van der Waals surface area contributed by atoms with Crippen LogP contribution >= 0.6 is 0 Å². The van der Waals surface area contributed by atoms with Crippen molar-refractivity contribution in [1.82, 2.24) is 9.97 Å². The first-order valence-corrected chi connectivity index (χ1v) is 6.72. The smallest absolute Gasteiger partial charge is 0.134 e. The van der Waals surface area contributed by atoms with Gasteiger partial charge in [0.05, 0.1) is 0 Å². The summed E-state index contributed by atoms with van der Waals surface area (Å²) >= 11 is 0. The number of rotatable bonds is 5. The van der Waals surface area contributed by atoms with E-state index in [0.717, 1.165) is 11.6 Å². The van der Waals surface area contributed by atoms with Crippen molar-refractivity contribution in [3.63, 3.8) is 0 Å². The van der Waals surface area contributed by atoms with E-state index in [-0.39, 0.29) is 6.04 Å². The Labute approximate surface area is 109 Å². The van der Waals surface area contributed by atoms with E-state index in [9.17, 15) is 0 Å². The summed E-state index contributed by atoms with van der Waals surface area (Å²) in [5, 5.41) is 3.48. The van der Waals surface area contributed by atoms with Crippen LogP contribution in [0.5, 0.6) is 0 Å². The first-order chi connectivity index (χ1) is 8.70. The van der Waals surface area contributed by atoms with Crippen LogP contribution in [0.25, 0.3) is 0 Å². The maximum atomic E-state index is 5.68. The van der Waals surface area contributed by atoms with Gasteiger partial charge in [-0.15, -0.1) is 0 Å². The number of hydrogen-bond acceptors (Lipinski definition) is 5. The van der Waals surface area contributed by atoms with Gasteiger partial charge in [-0.2, -0.15) is 0 Å². The van der Waals surface area contributed by atoms with Gasteiger partial charge in [-0.05, 0) is 19.8 Å². The molecular weight excluding hydrogens is 226 g/mol. The van der Waals surface area contributed by atoms with Crippen molar-refractivity contribution < 1.29 is 0 Å². The van der Waals surface area contributed by atoms with Gasteiger partial charge in [-0.1, -0.05) is 12.8 Å². The minimum atomic E-state index is 0.277. The second-order valence-electron chi connectivity index (χ2n) is 5.08. The number of hydrogen-bond donors (Lipinski definition) is 2. The zero-order chi connectivity index (χ0) is 13.0. The van der Waals surface area contributed by atoms with Crippen LogP contribution < -0.4 is 16.0 Å². The zero-order valence-corrected chi connectivity index (χ0v) is 11.3. The van der Waals surface area contributed by atoms with Crippen molar-refractivity contribution >= 4 is 11.6 Å². The van der Waals surface area contributed by atoms with E-state index in [1.165, 1.54) is 25.7 Å². The first-order valence-electron chi connectivity index (χ1n) is 6.72. The Morgan fingerprint density at radius 2 is 2.17 bits per heavy atom. The Hall–Kier alpha value is -1.36. The van der Waals surface area contributed by atoms with Crippen LogP contribution in [0.2, 0.25) is 0 Å². The molecule has 1 aliphatic rings. The SMILES string of the molecule is CC(CN)N(C)c1cc(NC2CCCC2)ncn1. The molecule has 100 valence electrons. The third-order valence-electron chi connectivity index (χ3n) is 3.72. The Bertz CT molecular complexity index is 375. The van der Waals surface area contributed by atoms with Crippen LogP contribution in [-0.2, 0) is 0 Å². The summed E-state index contributed by atoms with van der Waals surface area (Å²) in [4.78, 5) is 10.7. The Morgan fingerprint density at radius 3 is 2.83 bits per heavy atom. The highest BCUT2D eigenvalue weighted by molar-refractivity contribution is 5.49. The zero-order valence-electron chi connectivity index (χ0n) is 11.3. The summed E-state index contributed by atoms with van der Waals surface area (Å²) < 4.78 is 0. The van der Waals surface area contributed by atoms with Crippen LogP contribution in [0.1, 0.15) is 32.6 Å². The average molecular weight is 249 g/mol. The third-order valence-corrected chi connectivity index (χ3v) is 3.72. The molecule has 0 bridgehead atoms. The summed E-state index contributed by atoms with van der Waals surface area (Å²) in [6.07, 6.45) is 6.74. The standard InChI is InChI=1S/C13H23N5/c1-10(8-14)18(2)13-7-12(15-9-16-13)17-11-5-3-4-6-11/h7,9-11H,3-6,8,14H2,1-2H3,(H,15,16,17). The lowest BCUT2D eigenvalue weighted by atomic mass is 10.2. The lowest BCUT2D eigenvalue weighted by molar-refractivity contribution is 0.685. The molecule has 0 saturated heterocycles. The van der Waals surface area contributed by atoms with Crippen molar-refractivity contribution in [2.24, 2.45) is 5.73 Å². The highest BCUT2D eigenvalue weighted by Crippen LogP contribution is 2.22. The second kappa shape index (κ2) is 6.00. The molecule has 1 aliphatic carbocycles. The summed E-state index contributed by atoms with van der Waals surface area (Å²) in [7, 11) is 2.01. The fourth-order valence-electron chi connectivity index (χ4n) is 2.28. The maximum absolute atomic E-state index is 5.68. The molecule has 5 nitrogen and oxygen atoms in total. The second-order valence-corrected chi connectivity index (χ2v) is 5.08. The van der Waals surface area contributed by atoms with Gasteiger partial charge in [0.15, 0.2) is 0 Å². The number of anilines is 2. The molecule has 0 spiro atoms. The van der Waals surface area contributed by atoms with Crippen molar-refractivity contribution in [1.29, 1.82) is 0 Å². The Kier molecular flexibility index (Phi) is 4.36. The minimum absolute atomic E-state index is 0.277. The lowest BCUT2D eigenvalue weighted by Gasteiger charge is -2.25. The molecule has 2 rings (SSSR count). The summed E-state index contributed by atoms with van der Waals surface area (Å²) in [5.41, 5.74) is 5.68. The molecule has 1 saturated carbocycles. The van der Waals surface area contributed by atoms with Gasteiger partial charge in [0.25, 0.3) is 0 Å². The van der Waals surface area contributed by atoms with Crippen molar-refractivity contribution in [3.8, 4) is 0 Å². The van der Waals surface area contributed by atoms with Crippen LogP contribution in [-0.4, -0.2) is 35.6 Å². The minimum Gasteiger partial charge on any atom is -0.367 e. The Morgan fingerprint density at radius 1 is 1.44 bits per heavy atom. The van der Waals surface area contributed by atoms with Crippen LogP contribution in [0.3, 0.4) is 0 Å². The lowest BCUT2D eigenvalue weighted by Crippen LogP contribution is -2.35. The predicted molar refractivity (Wildman–Crippen MR) is 74.8 cm³/mol. The average Bonchev–Trinajstić information content (AvgIpc) is 2.90. The normalized spacial score (nSPS) is 17.7. The predicted octanol–water partition coefficient (Wildman–Crippen LogP) is 1.61. The highest BCUT2D eigenvalue weighted by atomic mass is 15.2. The van der Waals surface area contributed by atoms with Crippen LogP contribution in [0, 0.1) is 0 Å². The number of nitrogens with two attached hydrogens (primary N) is 1. The van der Waals surface area contributed by atoms with Gasteiger partial charge in [0.2, 0.25) is 0 Å². The number of likely N-dealkylation sites (N-methyl/N-ethyl adjacent to an activating group) is 1. The molecular formula is C13H23N5. The molecule has 3 N–H and O–H groups in total. The van der Waals surface area contributed by atoms with E-state index >= 15 is 0 Å². The molecule has 1 atom stereocenters. The summed E-state index contributed by atoms with van der Waals surface area (Å²) in [6.45, 7) is 2.71. The van der Waals surface area contributed by atoms with Gasteiger partial charge >= 0.3 is 0 Å². The van der Waals surface area contributed by atoms with Gasteiger partial charge in [0, 0.05) is 31.7 Å². The van der Waals surface area contributed by atoms with E-state index in [1.54, 1.807) is 6.33 Å². The Balaban J connectivity index is 2.04. The quantitative estimate of drug-likeness (QED) is 0.830. The largest absolute Gasteiger partial charge is 0.367 e. The number of nitrogens with one attached hydrogen (secondary N) is 1.